The van der Waals surface area contributed by atoms with E-state index in [1.807, 2.05) is 19.9 Å². The largest absolute Gasteiger partial charge is 0.351 e. The molecular formula is C22H25N7O3S. The number of anilines is 2. The molecule has 0 spiro atoms. The topological polar surface area (TPSA) is 129 Å². The van der Waals surface area contributed by atoms with Gasteiger partial charge >= 0.3 is 0 Å². The van der Waals surface area contributed by atoms with Gasteiger partial charge in [-0.25, -0.2) is 9.97 Å². The lowest BCUT2D eigenvalue weighted by atomic mass is 10.2. The summed E-state index contributed by atoms with van der Waals surface area (Å²) in [6, 6.07) is 8.30. The SMILES string of the molecule is Cc1cc(C)nc(NNC(=O)c2ccc(NC(=O)CC3SC(N4CCCC4)=NC3=O)cc2)n1. The summed E-state index contributed by atoms with van der Waals surface area (Å²) in [4.78, 5) is 51.6. The number of aryl methyl sites for hydroxylation is 2. The maximum absolute atomic E-state index is 12.4. The molecule has 4 rings (SSSR count). The van der Waals surface area contributed by atoms with Crippen LogP contribution >= 0.6 is 11.8 Å². The number of nitrogens with zero attached hydrogens (tertiary/aromatic N) is 4. The summed E-state index contributed by atoms with van der Waals surface area (Å²) in [6.07, 6.45) is 2.25. The van der Waals surface area contributed by atoms with Crippen LogP contribution in [0.2, 0.25) is 0 Å². The minimum Gasteiger partial charge on any atom is -0.351 e. The molecule has 2 aromatic rings. The number of carbonyl (C=O) groups excluding carboxylic acids is 3. The molecule has 1 aromatic heterocycles. The zero-order chi connectivity index (χ0) is 23.4. The second kappa shape index (κ2) is 9.99. The molecule has 0 saturated carbocycles. The normalized spacial score (nSPS) is 17.6. The minimum absolute atomic E-state index is 0.0480. The fraction of sp³-hybridized carbons (Fsp3) is 0.364. The maximum atomic E-state index is 12.4. The van der Waals surface area contributed by atoms with Gasteiger partial charge in [-0.2, -0.15) is 4.99 Å². The number of rotatable bonds is 6. The number of carbonyl (C=O) groups is 3. The molecule has 0 radical (unpaired) electrons. The van der Waals surface area contributed by atoms with Gasteiger partial charge in [0.2, 0.25) is 11.9 Å². The van der Waals surface area contributed by atoms with Crippen molar-refractivity contribution >= 4 is 46.3 Å². The number of benzene rings is 1. The lowest BCUT2D eigenvalue weighted by Gasteiger charge is -2.16. The van der Waals surface area contributed by atoms with Crippen LogP contribution in [0.25, 0.3) is 0 Å². The van der Waals surface area contributed by atoms with E-state index >= 15 is 0 Å². The van der Waals surface area contributed by atoms with Gasteiger partial charge in [0.15, 0.2) is 5.17 Å². The number of nitrogens with one attached hydrogen (secondary N) is 3. The lowest BCUT2D eigenvalue weighted by Crippen LogP contribution is -2.30. The molecule has 1 aromatic carbocycles. The van der Waals surface area contributed by atoms with Gasteiger partial charge in [0.1, 0.15) is 5.25 Å². The van der Waals surface area contributed by atoms with E-state index in [-0.39, 0.29) is 24.1 Å². The van der Waals surface area contributed by atoms with E-state index in [0.717, 1.165) is 42.5 Å². The zero-order valence-corrected chi connectivity index (χ0v) is 19.2. The summed E-state index contributed by atoms with van der Waals surface area (Å²) in [5, 5.41) is 3.01. The molecule has 3 amide bonds. The third-order valence-electron chi connectivity index (χ3n) is 5.18. The average molecular weight is 468 g/mol. The third kappa shape index (κ3) is 5.86. The Balaban J connectivity index is 1.26. The highest BCUT2D eigenvalue weighted by Crippen LogP contribution is 2.29. The maximum Gasteiger partial charge on any atom is 0.269 e. The van der Waals surface area contributed by atoms with Crippen molar-refractivity contribution in [3.63, 3.8) is 0 Å². The summed E-state index contributed by atoms with van der Waals surface area (Å²) >= 11 is 1.36. The van der Waals surface area contributed by atoms with Gasteiger partial charge in [0.25, 0.3) is 11.8 Å². The number of aliphatic imine (C=N–C) groups is 1. The van der Waals surface area contributed by atoms with E-state index < -0.39 is 5.25 Å². The average Bonchev–Trinajstić information content (AvgIpc) is 3.42. The summed E-state index contributed by atoms with van der Waals surface area (Å²) < 4.78 is 0. The molecule has 1 unspecified atom stereocenters. The number of hydrogen-bond acceptors (Lipinski definition) is 8. The van der Waals surface area contributed by atoms with Crippen LogP contribution < -0.4 is 16.2 Å². The van der Waals surface area contributed by atoms with Crippen LogP contribution in [0.1, 0.15) is 41.0 Å². The zero-order valence-electron chi connectivity index (χ0n) is 18.4. The molecule has 0 bridgehead atoms. The van der Waals surface area contributed by atoms with Gasteiger partial charge in [-0.05, 0) is 57.0 Å². The number of hydrazine groups is 1. The van der Waals surface area contributed by atoms with Crippen molar-refractivity contribution in [1.29, 1.82) is 0 Å². The van der Waals surface area contributed by atoms with Gasteiger partial charge in [-0.1, -0.05) is 11.8 Å². The fourth-order valence-electron chi connectivity index (χ4n) is 3.60. The molecule has 1 fully saturated rings. The van der Waals surface area contributed by atoms with Gasteiger partial charge in [-0.15, -0.1) is 0 Å². The standard InChI is InChI=1S/C22H25N7O3S/c1-13-11-14(2)24-21(23-13)28-27-19(31)15-5-7-16(8-6-15)25-18(30)12-17-20(32)26-22(33-17)29-9-3-4-10-29/h5-8,11,17H,3-4,9-10,12H2,1-2H3,(H,25,30)(H,27,31)(H,23,24,28). The van der Waals surface area contributed by atoms with Crippen molar-refractivity contribution in [2.24, 2.45) is 4.99 Å². The first-order valence-corrected chi connectivity index (χ1v) is 11.6. The smallest absolute Gasteiger partial charge is 0.269 e. The Kier molecular flexibility index (Phi) is 6.87. The van der Waals surface area contributed by atoms with E-state index in [2.05, 4.69) is 36.0 Å². The van der Waals surface area contributed by atoms with E-state index in [0.29, 0.717) is 17.2 Å². The number of amides is 3. The van der Waals surface area contributed by atoms with Crippen LogP contribution in [-0.2, 0) is 9.59 Å². The van der Waals surface area contributed by atoms with Crippen molar-refractivity contribution < 1.29 is 14.4 Å². The molecule has 3 N–H and O–H groups in total. The molecule has 3 heterocycles. The molecule has 2 aliphatic rings. The second-order valence-electron chi connectivity index (χ2n) is 7.92. The van der Waals surface area contributed by atoms with Crippen LogP contribution in [0.15, 0.2) is 35.3 Å². The van der Waals surface area contributed by atoms with Crippen molar-refractivity contribution in [2.75, 3.05) is 23.8 Å². The van der Waals surface area contributed by atoms with Crippen molar-refractivity contribution in [1.82, 2.24) is 20.3 Å². The predicted octanol–water partition coefficient (Wildman–Crippen LogP) is 2.27. The molecule has 1 saturated heterocycles. The van der Waals surface area contributed by atoms with E-state index in [9.17, 15) is 14.4 Å². The van der Waals surface area contributed by atoms with E-state index in [1.165, 1.54) is 11.8 Å². The molecule has 172 valence electrons. The Hall–Kier alpha value is -3.47. The number of aromatic nitrogens is 2. The first-order chi connectivity index (χ1) is 15.9. The van der Waals surface area contributed by atoms with Crippen LogP contribution in [0.3, 0.4) is 0 Å². The van der Waals surface area contributed by atoms with Gasteiger partial charge in [-0.3, -0.25) is 25.2 Å². The Morgan fingerprint density at radius 1 is 1.09 bits per heavy atom. The highest BCUT2D eigenvalue weighted by molar-refractivity contribution is 8.15. The number of hydrogen-bond donors (Lipinski definition) is 3. The van der Waals surface area contributed by atoms with Gasteiger partial charge < -0.3 is 10.2 Å². The second-order valence-corrected chi connectivity index (χ2v) is 9.09. The number of likely N-dealkylation sites (tertiary alicyclic amines) is 1. The van der Waals surface area contributed by atoms with Crippen LogP contribution in [0.4, 0.5) is 11.6 Å². The molecule has 0 aliphatic carbocycles. The quantitative estimate of drug-likeness (QED) is 0.552. The molecule has 1 atom stereocenters. The Morgan fingerprint density at radius 3 is 2.42 bits per heavy atom. The fourth-order valence-corrected chi connectivity index (χ4v) is 4.72. The Morgan fingerprint density at radius 2 is 1.76 bits per heavy atom. The van der Waals surface area contributed by atoms with Crippen molar-refractivity contribution in [2.45, 2.75) is 38.4 Å². The molecule has 2 aliphatic heterocycles. The highest BCUT2D eigenvalue weighted by atomic mass is 32.2. The summed E-state index contributed by atoms with van der Waals surface area (Å²) in [5.74, 6) is -0.593. The predicted molar refractivity (Wildman–Crippen MR) is 127 cm³/mol. The molecule has 10 nitrogen and oxygen atoms in total. The van der Waals surface area contributed by atoms with E-state index in [4.69, 9.17) is 0 Å². The van der Waals surface area contributed by atoms with Crippen LogP contribution in [0.5, 0.6) is 0 Å². The molecular weight excluding hydrogens is 442 g/mol. The monoisotopic (exact) mass is 467 g/mol. The summed E-state index contributed by atoms with van der Waals surface area (Å²) in [6.45, 7) is 5.50. The third-order valence-corrected chi connectivity index (χ3v) is 6.39. The first-order valence-electron chi connectivity index (χ1n) is 10.7. The number of thioether (sulfide) groups is 1. The molecule has 33 heavy (non-hydrogen) atoms. The molecule has 11 heteroatoms. The summed E-state index contributed by atoms with van der Waals surface area (Å²) in [7, 11) is 0. The summed E-state index contributed by atoms with van der Waals surface area (Å²) in [5.41, 5.74) is 7.77. The Bertz CT molecular complexity index is 1080. The minimum atomic E-state index is -0.496. The van der Waals surface area contributed by atoms with Gasteiger partial charge in [0.05, 0.1) is 0 Å². The van der Waals surface area contributed by atoms with Crippen molar-refractivity contribution in [3.8, 4) is 0 Å². The lowest BCUT2D eigenvalue weighted by molar-refractivity contribution is -0.121. The van der Waals surface area contributed by atoms with Gasteiger partial charge in [0, 0.05) is 42.1 Å². The van der Waals surface area contributed by atoms with Crippen LogP contribution in [-0.4, -0.2) is 56.1 Å². The number of amidine groups is 1. The van der Waals surface area contributed by atoms with Crippen molar-refractivity contribution in [3.05, 3.63) is 47.3 Å². The highest BCUT2D eigenvalue weighted by Gasteiger charge is 2.33. The Labute approximate surface area is 195 Å². The first kappa shape index (κ1) is 22.7. The van der Waals surface area contributed by atoms with E-state index in [1.54, 1.807) is 24.3 Å². The van der Waals surface area contributed by atoms with Crippen LogP contribution in [0, 0.1) is 13.8 Å².